The lowest BCUT2D eigenvalue weighted by Gasteiger charge is -2.41. The molecule has 1 saturated heterocycles. The molecule has 0 spiro atoms. The number of carbonyl (C=O) groups is 1. The Morgan fingerprint density at radius 1 is 1.35 bits per heavy atom. The molecule has 0 aromatic heterocycles. The van der Waals surface area contributed by atoms with Gasteiger partial charge in [-0.1, -0.05) is 20.8 Å². The van der Waals surface area contributed by atoms with E-state index in [2.05, 4.69) is 27.7 Å². The van der Waals surface area contributed by atoms with Crippen LogP contribution in [0.25, 0.3) is 0 Å². The minimum atomic E-state index is -0.730. The Kier molecular flexibility index (Phi) is 4.20. The Morgan fingerprint density at radius 2 is 1.82 bits per heavy atom. The lowest BCUT2D eigenvalue weighted by Crippen LogP contribution is -2.60. The van der Waals surface area contributed by atoms with Gasteiger partial charge in [0.1, 0.15) is 0 Å². The molecule has 0 saturated carbocycles. The van der Waals surface area contributed by atoms with Crippen LogP contribution in [0.3, 0.4) is 0 Å². The van der Waals surface area contributed by atoms with Crippen molar-refractivity contribution in [3.63, 3.8) is 0 Å². The van der Waals surface area contributed by atoms with Crippen molar-refractivity contribution >= 4 is 5.91 Å². The van der Waals surface area contributed by atoms with Crippen LogP contribution in [0.4, 0.5) is 0 Å². The Morgan fingerprint density at radius 3 is 2.24 bits per heavy atom. The lowest BCUT2D eigenvalue weighted by molar-refractivity contribution is -0.143. The molecule has 17 heavy (non-hydrogen) atoms. The minimum Gasteiger partial charge on any atom is -0.381 e. The highest BCUT2D eigenvalue weighted by Crippen LogP contribution is 2.27. The van der Waals surface area contributed by atoms with Gasteiger partial charge in [0.05, 0.1) is 5.54 Å². The standard InChI is InChI=1S/C13H26N2O2/c1-10(12(2,3)4)15(5)11(16)13(14)6-8-17-9-7-13/h10H,6-9,14H2,1-5H3. The summed E-state index contributed by atoms with van der Waals surface area (Å²) >= 11 is 0. The highest BCUT2D eigenvalue weighted by molar-refractivity contribution is 5.86. The number of hydrogen-bond donors (Lipinski definition) is 1. The van der Waals surface area contributed by atoms with Gasteiger partial charge in [-0.15, -0.1) is 0 Å². The van der Waals surface area contributed by atoms with Gasteiger partial charge < -0.3 is 15.4 Å². The van der Waals surface area contributed by atoms with Crippen LogP contribution in [-0.2, 0) is 9.53 Å². The van der Waals surface area contributed by atoms with E-state index in [0.717, 1.165) is 0 Å². The first kappa shape index (κ1) is 14.5. The molecule has 0 aromatic carbocycles. The Balaban J connectivity index is 2.75. The average molecular weight is 242 g/mol. The van der Waals surface area contributed by atoms with Crippen molar-refractivity contribution in [1.29, 1.82) is 0 Å². The summed E-state index contributed by atoms with van der Waals surface area (Å²) in [6.07, 6.45) is 1.24. The number of rotatable bonds is 2. The van der Waals surface area contributed by atoms with Crippen LogP contribution < -0.4 is 5.73 Å². The zero-order chi connectivity index (χ0) is 13.3. The molecule has 1 unspecified atom stereocenters. The predicted octanol–water partition coefficient (Wildman–Crippen LogP) is 1.39. The van der Waals surface area contributed by atoms with Crippen LogP contribution >= 0.6 is 0 Å². The molecule has 0 radical (unpaired) electrons. The smallest absolute Gasteiger partial charge is 0.242 e. The summed E-state index contributed by atoms with van der Waals surface area (Å²) in [5, 5.41) is 0. The van der Waals surface area contributed by atoms with Crippen molar-refractivity contribution in [2.75, 3.05) is 20.3 Å². The van der Waals surface area contributed by atoms with E-state index in [1.807, 2.05) is 7.05 Å². The lowest BCUT2D eigenvalue weighted by atomic mass is 9.84. The normalized spacial score (nSPS) is 22.0. The summed E-state index contributed by atoms with van der Waals surface area (Å²) in [6.45, 7) is 9.64. The molecule has 0 aliphatic carbocycles. The second-order valence-electron chi connectivity index (χ2n) is 6.23. The number of nitrogens with two attached hydrogens (primary N) is 1. The fourth-order valence-corrected chi connectivity index (χ4v) is 2.06. The highest BCUT2D eigenvalue weighted by atomic mass is 16.5. The first-order chi connectivity index (χ1) is 7.68. The Hall–Kier alpha value is -0.610. The van der Waals surface area contributed by atoms with E-state index in [1.54, 1.807) is 4.90 Å². The van der Waals surface area contributed by atoms with Gasteiger partial charge in [0.25, 0.3) is 0 Å². The number of likely N-dealkylation sites (N-methyl/N-ethyl adjacent to an activating group) is 1. The van der Waals surface area contributed by atoms with E-state index in [0.29, 0.717) is 26.1 Å². The zero-order valence-electron chi connectivity index (χ0n) is 11.7. The fourth-order valence-electron chi connectivity index (χ4n) is 2.06. The van der Waals surface area contributed by atoms with Gasteiger partial charge in [-0.2, -0.15) is 0 Å². The SMILES string of the molecule is CC(N(C)C(=O)C1(N)CCOCC1)C(C)(C)C. The molecule has 4 heteroatoms. The van der Waals surface area contributed by atoms with E-state index in [1.165, 1.54) is 0 Å². The van der Waals surface area contributed by atoms with Gasteiger partial charge in [-0.25, -0.2) is 0 Å². The predicted molar refractivity (Wildman–Crippen MR) is 68.7 cm³/mol. The van der Waals surface area contributed by atoms with Crippen molar-refractivity contribution in [2.45, 2.75) is 52.1 Å². The summed E-state index contributed by atoms with van der Waals surface area (Å²) in [6, 6.07) is 0.165. The van der Waals surface area contributed by atoms with Gasteiger partial charge in [0.2, 0.25) is 5.91 Å². The van der Waals surface area contributed by atoms with Gasteiger partial charge in [-0.05, 0) is 25.2 Å². The summed E-state index contributed by atoms with van der Waals surface area (Å²) in [5.74, 6) is 0.0447. The number of carbonyl (C=O) groups excluding carboxylic acids is 1. The first-order valence-corrected chi connectivity index (χ1v) is 6.32. The number of nitrogens with zero attached hydrogens (tertiary/aromatic N) is 1. The molecular formula is C13H26N2O2. The van der Waals surface area contributed by atoms with Gasteiger partial charge in [0.15, 0.2) is 0 Å². The van der Waals surface area contributed by atoms with Gasteiger partial charge in [0, 0.05) is 26.3 Å². The molecule has 1 atom stereocenters. The fraction of sp³-hybridized carbons (Fsp3) is 0.923. The molecule has 1 amide bonds. The largest absolute Gasteiger partial charge is 0.381 e. The quantitative estimate of drug-likeness (QED) is 0.796. The molecule has 100 valence electrons. The number of ether oxygens (including phenoxy) is 1. The molecule has 1 heterocycles. The molecule has 1 aliphatic heterocycles. The molecule has 0 bridgehead atoms. The van der Waals surface area contributed by atoms with Gasteiger partial charge in [-0.3, -0.25) is 4.79 Å². The van der Waals surface area contributed by atoms with Gasteiger partial charge >= 0.3 is 0 Å². The zero-order valence-corrected chi connectivity index (χ0v) is 11.7. The molecule has 4 nitrogen and oxygen atoms in total. The monoisotopic (exact) mass is 242 g/mol. The average Bonchev–Trinajstić information content (AvgIpc) is 2.26. The molecule has 1 rings (SSSR count). The Labute approximate surface area is 104 Å². The van der Waals surface area contributed by atoms with Crippen LogP contribution in [0.2, 0.25) is 0 Å². The molecule has 1 fully saturated rings. The second kappa shape index (κ2) is 4.94. The molecule has 1 aliphatic rings. The van der Waals surface area contributed by atoms with E-state index >= 15 is 0 Å². The summed E-state index contributed by atoms with van der Waals surface area (Å²) in [7, 11) is 1.85. The summed E-state index contributed by atoms with van der Waals surface area (Å²) in [5.41, 5.74) is 5.55. The highest BCUT2D eigenvalue weighted by Gasteiger charge is 2.40. The summed E-state index contributed by atoms with van der Waals surface area (Å²) < 4.78 is 5.27. The van der Waals surface area contributed by atoms with Crippen LogP contribution in [0.1, 0.15) is 40.5 Å². The second-order valence-corrected chi connectivity index (χ2v) is 6.23. The van der Waals surface area contributed by atoms with E-state index < -0.39 is 5.54 Å². The first-order valence-electron chi connectivity index (χ1n) is 6.32. The van der Waals surface area contributed by atoms with E-state index in [4.69, 9.17) is 10.5 Å². The maximum absolute atomic E-state index is 12.5. The molecule has 0 aromatic rings. The van der Waals surface area contributed by atoms with Crippen LogP contribution in [0, 0.1) is 5.41 Å². The van der Waals surface area contributed by atoms with Crippen LogP contribution in [0.5, 0.6) is 0 Å². The third-order valence-corrected chi connectivity index (χ3v) is 3.97. The molecule has 2 N–H and O–H groups in total. The molecular weight excluding hydrogens is 216 g/mol. The van der Waals surface area contributed by atoms with Crippen molar-refractivity contribution in [1.82, 2.24) is 4.90 Å². The van der Waals surface area contributed by atoms with E-state index in [9.17, 15) is 4.79 Å². The van der Waals surface area contributed by atoms with Crippen molar-refractivity contribution in [3.8, 4) is 0 Å². The van der Waals surface area contributed by atoms with Crippen molar-refractivity contribution in [3.05, 3.63) is 0 Å². The van der Waals surface area contributed by atoms with E-state index in [-0.39, 0.29) is 17.4 Å². The third kappa shape index (κ3) is 3.19. The Bertz CT molecular complexity index is 278. The van der Waals surface area contributed by atoms with Crippen molar-refractivity contribution < 1.29 is 9.53 Å². The maximum atomic E-state index is 12.5. The van der Waals surface area contributed by atoms with Crippen molar-refractivity contribution in [2.24, 2.45) is 11.1 Å². The number of amides is 1. The third-order valence-electron chi connectivity index (χ3n) is 3.97. The topological polar surface area (TPSA) is 55.6 Å². The van der Waals surface area contributed by atoms with Crippen LogP contribution in [0.15, 0.2) is 0 Å². The minimum absolute atomic E-state index is 0.0447. The van der Waals surface area contributed by atoms with Crippen LogP contribution in [-0.4, -0.2) is 42.6 Å². The summed E-state index contributed by atoms with van der Waals surface area (Å²) in [4.78, 5) is 14.3. The maximum Gasteiger partial charge on any atom is 0.242 e. The number of hydrogen-bond acceptors (Lipinski definition) is 3.